The topological polar surface area (TPSA) is 118 Å². The Bertz CT molecular complexity index is 1410. The number of amidine groups is 1. The monoisotopic (exact) mass is 537 g/mol. The summed E-state index contributed by atoms with van der Waals surface area (Å²) >= 11 is 7.30. The van der Waals surface area contributed by atoms with E-state index < -0.39 is 11.2 Å². The summed E-state index contributed by atoms with van der Waals surface area (Å²) in [4.78, 5) is 43.6. The third-order valence-corrected chi connectivity index (χ3v) is 7.06. The first kappa shape index (κ1) is 24.7. The van der Waals surface area contributed by atoms with Gasteiger partial charge in [-0.25, -0.2) is 9.79 Å². The van der Waals surface area contributed by atoms with E-state index in [1.807, 2.05) is 12.1 Å². The lowest BCUT2D eigenvalue weighted by molar-refractivity contribution is -0.129. The molecule has 0 saturated carbocycles. The number of hydrogen-bond acceptors (Lipinski definition) is 7. The Balaban J connectivity index is 1.39. The molecular weight excluding hydrogens is 518 g/mol. The van der Waals surface area contributed by atoms with Gasteiger partial charge in [-0.3, -0.25) is 14.5 Å². The minimum atomic E-state index is -1.06. The molecule has 3 aromatic rings. The maximum absolute atomic E-state index is 13.3. The molecule has 5 rings (SSSR count). The molecule has 2 N–H and O–H groups in total. The van der Waals surface area contributed by atoms with Crippen LogP contribution >= 0.6 is 23.4 Å². The van der Waals surface area contributed by atoms with Gasteiger partial charge in [0.25, 0.3) is 0 Å². The molecule has 11 heteroatoms. The molecule has 0 bridgehead atoms. The summed E-state index contributed by atoms with van der Waals surface area (Å²) in [5, 5.41) is 11.9. The van der Waals surface area contributed by atoms with Gasteiger partial charge in [-0.05, 0) is 60.2 Å². The number of aromatic carboxylic acids is 1. The highest BCUT2D eigenvalue weighted by Gasteiger charge is 2.36. The lowest BCUT2D eigenvalue weighted by atomic mass is 10.1. The van der Waals surface area contributed by atoms with Crippen LogP contribution in [0.2, 0.25) is 5.02 Å². The third kappa shape index (κ3) is 5.71. The number of halogens is 1. The molecule has 3 aromatic carbocycles. The molecule has 2 aliphatic rings. The fourth-order valence-corrected chi connectivity index (χ4v) is 5.08. The molecule has 37 heavy (non-hydrogen) atoms. The minimum absolute atomic E-state index is 0.0389. The van der Waals surface area contributed by atoms with Crippen LogP contribution in [-0.4, -0.2) is 45.0 Å². The first-order valence-electron chi connectivity index (χ1n) is 11.2. The summed E-state index contributed by atoms with van der Waals surface area (Å²) in [6.45, 7) is 0.376. The number of thioether (sulfide) groups is 1. The van der Waals surface area contributed by atoms with E-state index >= 15 is 0 Å². The molecule has 0 radical (unpaired) electrons. The van der Waals surface area contributed by atoms with Crippen LogP contribution < -0.4 is 14.8 Å². The highest BCUT2D eigenvalue weighted by molar-refractivity contribution is 8.15. The van der Waals surface area contributed by atoms with E-state index in [4.69, 9.17) is 26.2 Å². The maximum atomic E-state index is 13.3. The average molecular weight is 538 g/mol. The number of ether oxygens (including phenoxy) is 2. The van der Waals surface area contributed by atoms with Gasteiger partial charge in [0.05, 0.1) is 17.8 Å². The highest BCUT2D eigenvalue weighted by atomic mass is 35.5. The van der Waals surface area contributed by atoms with Gasteiger partial charge in [0.15, 0.2) is 16.7 Å². The molecule has 0 spiro atoms. The van der Waals surface area contributed by atoms with Gasteiger partial charge in [0.2, 0.25) is 18.6 Å². The Hall–Kier alpha value is -4.02. The number of anilines is 1. The number of carbonyl (C=O) groups excluding carboxylic acids is 2. The zero-order chi connectivity index (χ0) is 25.9. The van der Waals surface area contributed by atoms with Crippen molar-refractivity contribution in [2.24, 2.45) is 4.99 Å². The van der Waals surface area contributed by atoms with E-state index in [2.05, 4.69) is 10.3 Å². The van der Waals surface area contributed by atoms with Crippen LogP contribution in [0.5, 0.6) is 11.5 Å². The van der Waals surface area contributed by atoms with Crippen LogP contribution in [0.4, 0.5) is 11.4 Å². The second-order valence-corrected chi connectivity index (χ2v) is 9.83. The molecule has 188 valence electrons. The predicted molar refractivity (Wildman–Crippen MR) is 140 cm³/mol. The van der Waals surface area contributed by atoms with Crippen LogP contribution in [0, 0.1) is 0 Å². The number of fused-ring (bicyclic) bond motifs is 1. The van der Waals surface area contributed by atoms with E-state index in [1.54, 1.807) is 30.3 Å². The van der Waals surface area contributed by atoms with Crippen molar-refractivity contribution in [2.75, 3.05) is 12.1 Å². The largest absolute Gasteiger partial charge is 0.478 e. The summed E-state index contributed by atoms with van der Waals surface area (Å²) in [6, 6.07) is 18.2. The lowest BCUT2D eigenvalue weighted by Crippen LogP contribution is -2.44. The molecule has 0 aromatic heterocycles. The van der Waals surface area contributed by atoms with Crippen molar-refractivity contribution in [1.29, 1.82) is 0 Å². The van der Waals surface area contributed by atoms with E-state index in [0.717, 1.165) is 5.56 Å². The van der Waals surface area contributed by atoms with E-state index in [0.29, 0.717) is 33.1 Å². The molecule has 2 amide bonds. The third-order valence-electron chi connectivity index (χ3n) is 5.64. The van der Waals surface area contributed by atoms with Crippen molar-refractivity contribution in [1.82, 2.24) is 4.90 Å². The van der Waals surface area contributed by atoms with Crippen LogP contribution in [0.25, 0.3) is 0 Å². The van der Waals surface area contributed by atoms with Gasteiger partial charge in [-0.1, -0.05) is 35.5 Å². The van der Waals surface area contributed by atoms with Crippen molar-refractivity contribution < 1.29 is 29.0 Å². The molecule has 1 saturated heterocycles. The molecular formula is C26H20ClN3O6S. The zero-order valence-electron chi connectivity index (χ0n) is 19.2. The Morgan fingerprint density at radius 1 is 1.08 bits per heavy atom. The van der Waals surface area contributed by atoms with Gasteiger partial charge < -0.3 is 19.9 Å². The Labute approximate surface area is 221 Å². The fourth-order valence-electron chi connectivity index (χ4n) is 3.79. The maximum Gasteiger partial charge on any atom is 0.335 e. The lowest BCUT2D eigenvalue weighted by Gasteiger charge is -2.32. The quantitative estimate of drug-likeness (QED) is 0.458. The van der Waals surface area contributed by atoms with Crippen LogP contribution in [0.1, 0.15) is 22.3 Å². The number of benzene rings is 3. The number of nitrogens with zero attached hydrogens (tertiary/aromatic N) is 2. The SMILES string of the molecule is O=C(O)c1ccc(NC(=O)C2CC(=O)N(Cc3ccc4c(c3)OCO4)C(=Nc3cccc(Cl)c3)S2)cc1. The number of nitrogens with one attached hydrogen (secondary N) is 1. The van der Waals surface area contributed by atoms with Gasteiger partial charge in [-0.2, -0.15) is 0 Å². The van der Waals surface area contributed by atoms with Crippen LogP contribution in [0.3, 0.4) is 0 Å². The van der Waals surface area contributed by atoms with Crippen molar-refractivity contribution >= 4 is 57.7 Å². The Morgan fingerprint density at radius 3 is 2.62 bits per heavy atom. The van der Waals surface area contributed by atoms with E-state index in [9.17, 15) is 14.4 Å². The second kappa shape index (κ2) is 10.5. The van der Waals surface area contributed by atoms with Crippen molar-refractivity contribution in [3.05, 3.63) is 82.9 Å². The van der Waals surface area contributed by atoms with Gasteiger partial charge in [0.1, 0.15) is 5.25 Å². The number of hydrogen-bond donors (Lipinski definition) is 2. The molecule has 2 aliphatic heterocycles. The Kier molecular flexibility index (Phi) is 7.02. The molecule has 1 unspecified atom stereocenters. The van der Waals surface area contributed by atoms with Crippen molar-refractivity contribution in [3.63, 3.8) is 0 Å². The number of carbonyl (C=O) groups is 3. The molecule has 1 atom stereocenters. The summed E-state index contributed by atoms with van der Waals surface area (Å²) in [7, 11) is 0. The molecule has 0 aliphatic carbocycles. The van der Waals surface area contributed by atoms with E-state index in [1.165, 1.54) is 40.9 Å². The highest BCUT2D eigenvalue weighted by Crippen LogP contribution is 2.35. The predicted octanol–water partition coefficient (Wildman–Crippen LogP) is 4.93. The van der Waals surface area contributed by atoms with Gasteiger partial charge >= 0.3 is 5.97 Å². The summed E-state index contributed by atoms with van der Waals surface area (Å²) in [6.07, 6.45) is -0.0389. The standard InChI is InChI=1S/C26H20ClN3O6S/c27-17-2-1-3-19(11-17)29-26-30(13-15-4-9-20-21(10-15)36-14-35-20)23(31)12-22(37-26)24(32)28-18-7-5-16(6-8-18)25(33)34/h1-11,22H,12-14H2,(H,28,32)(H,33,34). The number of aliphatic imine (C=N–C) groups is 1. The van der Waals surface area contributed by atoms with Gasteiger partial charge in [0, 0.05) is 17.1 Å². The first-order chi connectivity index (χ1) is 17.9. The minimum Gasteiger partial charge on any atom is -0.478 e. The number of carboxylic acid groups (broad SMARTS) is 1. The van der Waals surface area contributed by atoms with Crippen LogP contribution in [-0.2, 0) is 16.1 Å². The summed E-state index contributed by atoms with van der Waals surface area (Å²) in [5.41, 5.74) is 1.90. The Morgan fingerprint density at radius 2 is 1.86 bits per heavy atom. The van der Waals surface area contributed by atoms with Crippen molar-refractivity contribution in [2.45, 2.75) is 18.2 Å². The fraction of sp³-hybridized carbons (Fsp3) is 0.154. The normalized spacial score (nSPS) is 17.6. The smallest absolute Gasteiger partial charge is 0.335 e. The summed E-state index contributed by atoms with van der Waals surface area (Å²) in [5.74, 6) is -0.463. The zero-order valence-corrected chi connectivity index (χ0v) is 20.8. The van der Waals surface area contributed by atoms with Gasteiger partial charge in [-0.15, -0.1) is 0 Å². The summed E-state index contributed by atoms with van der Waals surface area (Å²) < 4.78 is 10.8. The second-order valence-electron chi connectivity index (χ2n) is 8.22. The average Bonchev–Trinajstić information content (AvgIpc) is 3.34. The molecule has 1 fully saturated rings. The van der Waals surface area contributed by atoms with Crippen molar-refractivity contribution in [3.8, 4) is 11.5 Å². The first-order valence-corrected chi connectivity index (χ1v) is 12.5. The number of rotatable bonds is 6. The molecule has 9 nitrogen and oxygen atoms in total. The molecule has 2 heterocycles. The van der Waals surface area contributed by atoms with Crippen LogP contribution in [0.15, 0.2) is 71.7 Å². The number of carboxylic acids is 1. The van der Waals surface area contributed by atoms with E-state index in [-0.39, 0.29) is 37.1 Å². The number of amides is 2.